The third-order valence-electron chi connectivity index (χ3n) is 5.22. The van der Waals surface area contributed by atoms with E-state index >= 15 is 0 Å². The second kappa shape index (κ2) is 7.31. The van der Waals surface area contributed by atoms with Gasteiger partial charge in [0.2, 0.25) is 0 Å². The van der Waals surface area contributed by atoms with E-state index in [1.54, 1.807) is 36.8 Å². The summed E-state index contributed by atoms with van der Waals surface area (Å²) in [6, 6.07) is 13.7. The maximum Gasteiger partial charge on any atom is 0.258 e. The molecule has 4 rings (SSSR count). The van der Waals surface area contributed by atoms with Gasteiger partial charge in [-0.25, -0.2) is 0 Å². The quantitative estimate of drug-likeness (QED) is 0.645. The minimum Gasteiger partial charge on any atom is -0.386 e. The van der Waals surface area contributed by atoms with Crippen molar-refractivity contribution in [2.24, 2.45) is 7.05 Å². The first-order valence-corrected chi connectivity index (χ1v) is 10.4. The number of aliphatic hydroxyl groups is 1. The number of carbonyl (C=O) groups excluding carboxylic acids is 1. The molecule has 1 unspecified atom stereocenters. The molecule has 1 aromatic heterocycles. The molecule has 29 heavy (non-hydrogen) atoms. The van der Waals surface area contributed by atoms with Crippen LogP contribution in [0.2, 0.25) is 0 Å². The van der Waals surface area contributed by atoms with Gasteiger partial charge in [-0.1, -0.05) is 36.0 Å². The Morgan fingerprint density at radius 2 is 2.00 bits per heavy atom. The Morgan fingerprint density at radius 1 is 1.21 bits per heavy atom. The molecule has 0 saturated heterocycles. The molecule has 1 aliphatic rings. The first-order valence-electron chi connectivity index (χ1n) is 9.52. The largest absolute Gasteiger partial charge is 0.386 e. The zero-order valence-corrected chi connectivity index (χ0v) is 17.8. The van der Waals surface area contributed by atoms with Crippen molar-refractivity contribution in [1.82, 2.24) is 14.8 Å². The molecule has 6 nitrogen and oxygen atoms in total. The Bertz CT molecular complexity index is 1070. The van der Waals surface area contributed by atoms with Crippen LogP contribution in [0, 0.1) is 0 Å². The van der Waals surface area contributed by atoms with Gasteiger partial charge < -0.3 is 14.6 Å². The lowest BCUT2D eigenvalue weighted by molar-refractivity contribution is 0.0785. The van der Waals surface area contributed by atoms with Gasteiger partial charge in [0, 0.05) is 23.5 Å². The summed E-state index contributed by atoms with van der Waals surface area (Å²) in [5.41, 5.74) is 3.41. The number of anilines is 1. The predicted molar refractivity (Wildman–Crippen MR) is 114 cm³/mol. The lowest BCUT2D eigenvalue weighted by atomic mass is 9.95. The number of aromatic nitrogens is 3. The average molecular weight is 409 g/mol. The molecule has 7 heteroatoms. The molecule has 0 fully saturated rings. The van der Waals surface area contributed by atoms with Crippen LogP contribution < -0.4 is 4.90 Å². The van der Waals surface area contributed by atoms with Crippen molar-refractivity contribution in [3.63, 3.8) is 0 Å². The van der Waals surface area contributed by atoms with Crippen molar-refractivity contribution in [2.75, 3.05) is 4.90 Å². The molecule has 150 valence electrons. The second-order valence-corrected chi connectivity index (χ2v) is 9.21. The van der Waals surface area contributed by atoms with Crippen LogP contribution in [0.1, 0.15) is 53.1 Å². The molecule has 1 N–H and O–H groups in total. The van der Waals surface area contributed by atoms with Gasteiger partial charge in [0.25, 0.3) is 5.91 Å². The summed E-state index contributed by atoms with van der Waals surface area (Å²) in [4.78, 5) is 14.9. The minimum atomic E-state index is -0.977. The Balaban J connectivity index is 1.58. The number of rotatable bonds is 5. The topological polar surface area (TPSA) is 71.2 Å². The van der Waals surface area contributed by atoms with Crippen molar-refractivity contribution >= 4 is 23.4 Å². The SMILES string of the molecule is CC(Sc1nncn1C)c1cccc(N2Cc3ccc(C(C)(C)O)cc3C2=O)c1. The van der Waals surface area contributed by atoms with Crippen molar-refractivity contribution < 1.29 is 9.90 Å². The van der Waals surface area contributed by atoms with Crippen molar-refractivity contribution in [2.45, 2.75) is 43.3 Å². The number of hydrogen-bond donors (Lipinski definition) is 1. The zero-order chi connectivity index (χ0) is 20.8. The van der Waals surface area contributed by atoms with Crippen molar-refractivity contribution in [3.8, 4) is 0 Å². The summed E-state index contributed by atoms with van der Waals surface area (Å²) in [6.45, 7) is 6.11. The van der Waals surface area contributed by atoms with Crippen LogP contribution in [0.3, 0.4) is 0 Å². The standard InChI is InChI=1S/C22H24N4O2S/c1-14(29-21-24-23-13-25(21)4)15-6-5-7-18(10-15)26-12-16-8-9-17(22(2,3)28)11-19(16)20(26)27/h5-11,13-14,28H,12H2,1-4H3. The smallest absolute Gasteiger partial charge is 0.258 e. The van der Waals surface area contributed by atoms with Crippen LogP contribution in [-0.4, -0.2) is 25.8 Å². The summed E-state index contributed by atoms with van der Waals surface area (Å²) in [7, 11) is 1.92. The van der Waals surface area contributed by atoms with Gasteiger partial charge in [0.1, 0.15) is 6.33 Å². The summed E-state index contributed by atoms with van der Waals surface area (Å²) in [5, 5.41) is 19.4. The van der Waals surface area contributed by atoms with Crippen LogP contribution in [0.25, 0.3) is 0 Å². The van der Waals surface area contributed by atoms with E-state index < -0.39 is 5.60 Å². The third-order valence-corrected chi connectivity index (χ3v) is 6.43. The van der Waals surface area contributed by atoms with Crippen LogP contribution in [0.15, 0.2) is 53.9 Å². The molecule has 3 aromatic rings. The molecule has 1 atom stereocenters. The molecule has 0 aliphatic carbocycles. The average Bonchev–Trinajstić information content (AvgIpc) is 3.24. The number of thioether (sulfide) groups is 1. The molecular formula is C22H24N4O2S. The van der Waals surface area contributed by atoms with Gasteiger partial charge in [-0.15, -0.1) is 10.2 Å². The zero-order valence-electron chi connectivity index (χ0n) is 17.0. The Kier molecular flexibility index (Phi) is 4.96. The first-order chi connectivity index (χ1) is 13.7. The van der Waals surface area contributed by atoms with Crippen LogP contribution in [-0.2, 0) is 19.2 Å². The van der Waals surface area contributed by atoms with E-state index in [0.717, 1.165) is 27.5 Å². The number of nitrogens with zero attached hydrogens (tertiary/aromatic N) is 4. The lowest BCUT2D eigenvalue weighted by Gasteiger charge is -2.19. The van der Waals surface area contributed by atoms with Gasteiger partial charge in [-0.3, -0.25) is 4.79 Å². The van der Waals surface area contributed by atoms with E-state index in [-0.39, 0.29) is 11.2 Å². The normalized spacial score (nSPS) is 14.9. The van der Waals surface area contributed by atoms with Gasteiger partial charge in [-0.2, -0.15) is 0 Å². The van der Waals surface area contributed by atoms with Gasteiger partial charge in [0.15, 0.2) is 5.16 Å². The number of fused-ring (bicyclic) bond motifs is 1. The monoisotopic (exact) mass is 408 g/mol. The van der Waals surface area contributed by atoms with E-state index in [2.05, 4.69) is 29.3 Å². The lowest BCUT2D eigenvalue weighted by Crippen LogP contribution is -2.23. The van der Waals surface area contributed by atoms with Crippen LogP contribution >= 0.6 is 11.8 Å². The second-order valence-electron chi connectivity index (χ2n) is 7.90. The van der Waals surface area contributed by atoms with Crippen molar-refractivity contribution in [1.29, 1.82) is 0 Å². The summed E-state index contributed by atoms with van der Waals surface area (Å²) >= 11 is 1.63. The Labute approximate surface area is 174 Å². The van der Waals surface area contributed by atoms with E-state index in [0.29, 0.717) is 12.1 Å². The summed E-state index contributed by atoms with van der Waals surface area (Å²) < 4.78 is 1.89. The predicted octanol–water partition coefficient (Wildman–Crippen LogP) is 4.06. The fourth-order valence-electron chi connectivity index (χ4n) is 3.44. The highest BCUT2D eigenvalue weighted by Gasteiger charge is 2.30. The number of aryl methyl sites for hydroxylation is 1. The molecule has 0 radical (unpaired) electrons. The Hall–Kier alpha value is -2.64. The molecule has 0 saturated carbocycles. The fraction of sp³-hybridized carbons (Fsp3) is 0.318. The minimum absolute atomic E-state index is 0.0307. The first kappa shape index (κ1) is 19.7. The van der Waals surface area contributed by atoms with Crippen LogP contribution in [0.4, 0.5) is 5.69 Å². The van der Waals surface area contributed by atoms with E-state index in [4.69, 9.17) is 0 Å². The number of benzene rings is 2. The summed E-state index contributed by atoms with van der Waals surface area (Å²) in [6.07, 6.45) is 1.69. The fourth-order valence-corrected chi connectivity index (χ4v) is 4.35. The maximum atomic E-state index is 13.1. The highest BCUT2D eigenvalue weighted by Crippen LogP contribution is 2.36. The highest BCUT2D eigenvalue weighted by atomic mass is 32.2. The summed E-state index contributed by atoms with van der Waals surface area (Å²) in [5.74, 6) is -0.0307. The van der Waals surface area contributed by atoms with E-state index in [1.807, 2.05) is 41.9 Å². The molecule has 2 heterocycles. The van der Waals surface area contributed by atoms with E-state index in [9.17, 15) is 9.90 Å². The molecular weight excluding hydrogens is 384 g/mol. The highest BCUT2D eigenvalue weighted by molar-refractivity contribution is 7.99. The number of hydrogen-bond acceptors (Lipinski definition) is 5. The maximum absolute atomic E-state index is 13.1. The van der Waals surface area contributed by atoms with Crippen molar-refractivity contribution in [3.05, 3.63) is 71.0 Å². The van der Waals surface area contributed by atoms with Gasteiger partial charge in [0.05, 0.1) is 12.1 Å². The van der Waals surface area contributed by atoms with Gasteiger partial charge in [-0.05, 0) is 55.7 Å². The molecule has 2 aromatic carbocycles. The number of amides is 1. The Morgan fingerprint density at radius 3 is 2.69 bits per heavy atom. The molecule has 1 aliphatic heterocycles. The molecule has 0 spiro atoms. The molecule has 1 amide bonds. The van der Waals surface area contributed by atoms with E-state index in [1.165, 1.54) is 0 Å². The number of carbonyl (C=O) groups is 1. The van der Waals surface area contributed by atoms with Crippen LogP contribution in [0.5, 0.6) is 0 Å². The van der Waals surface area contributed by atoms with Gasteiger partial charge >= 0.3 is 0 Å². The third kappa shape index (κ3) is 3.80. The molecule has 0 bridgehead atoms.